The lowest BCUT2D eigenvalue weighted by Gasteiger charge is -2.05. The molecule has 0 N–H and O–H groups in total. The summed E-state index contributed by atoms with van der Waals surface area (Å²) in [6.45, 7) is 0.404. The third-order valence-corrected chi connectivity index (χ3v) is 2.60. The van der Waals surface area contributed by atoms with E-state index < -0.39 is 0 Å². The molecule has 0 aliphatic rings. The highest BCUT2D eigenvalue weighted by Crippen LogP contribution is 2.17. The minimum Gasteiger partial charge on any atom is -0.497 e. The van der Waals surface area contributed by atoms with Gasteiger partial charge in [-0.15, -0.1) is 0 Å². The molecule has 0 radical (unpaired) electrons. The van der Waals surface area contributed by atoms with Crippen LogP contribution in [0.4, 0.5) is 4.39 Å². The molecule has 0 unspecified atom stereocenters. The summed E-state index contributed by atoms with van der Waals surface area (Å²) in [7, 11) is 1.51. The Balaban J connectivity index is 2.21. The zero-order valence-corrected chi connectivity index (χ0v) is 10.2. The van der Waals surface area contributed by atoms with E-state index in [1.807, 2.05) is 0 Å². The molecule has 1 aromatic carbocycles. The summed E-state index contributed by atoms with van der Waals surface area (Å²) >= 11 is 3.29. The fourth-order valence-electron chi connectivity index (χ4n) is 1.38. The largest absolute Gasteiger partial charge is 0.497 e. The molecule has 0 spiro atoms. The third-order valence-electron chi connectivity index (χ3n) is 2.19. The molecule has 0 amide bonds. The second kappa shape index (κ2) is 4.65. The van der Waals surface area contributed by atoms with Crippen molar-refractivity contribution >= 4 is 15.9 Å². The number of benzene rings is 1. The minimum atomic E-state index is -0.286. The van der Waals surface area contributed by atoms with Crippen molar-refractivity contribution in [2.75, 3.05) is 7.11 Å². The van der Waals surface area contributed by atoms with E-state index in [0.29, 0.717) is 17.9 Å². The lowest BCUT2D eigenvalue weighted by atomic mass is 10.2. The van der Waals surface area contributed by atoms with Crippen LogP contribution < -0.4 is 4.74 Å². The highest BCUT2D eigenvalue weighted by Gasteiger charge is 2.05. The van der Waals surface area contributed by atoms with Crippen molar-refractivity contribution in [3.63, 3.8) is 0 Å². The van der Waals surface area contributed by atoms with E-state index in [2.05, 4.69) is 21.0 Å². The van der Waals surface area contributed by atoms with Gasteiger partial charge < -0.3 is 4.74 Å². The molecule has 1 heterocycles. The van der Waals surface area contributed by atoms with Crippen LogP contribution in [0.2, 0.25) is 0 Å². The summed E-state index contributed by atoms with van der Waals surface area (Å²) in [4.78, 5) is 0. The molecule has 0 saturated heterocycles. The van der Waals surface area contributed by atoms with Gasteiger partial charge in [-0.25, -0.2) is 4.39 Å². The van der Waals surface area contributed by atoms with Crippen LogP contribution in [0.5, 0.6) is 5.75 Å². The first-order valence-electron chi connectivity index (χ1n) is 4.69. The lowest BCUT2D eigenvalue weighted by molar-refractivity contribution is 0.410. The lowest BCUT2D eigenvalue weighted by Crippen LogP contribution is -2.02. The molecule has 0 fully saturated rings. The Bertz CT molecular complexity index is 498. The quantitative estimate of drug-likeness (QED) is 0.867. The molecule has 5 heteroatoms. The van der Waals surface area contributed by atoms with E-state index in [-0.39, 0.29) is 5.82 Å². The average Bonchev–Trinajstić information content (AvgIpc) is 2.67. The van der Waals surface area contributed by atoms with Gasteiger partial charge in [0.15, 0.2) is 0 Å². The Kier molecular flexibility index (Phi) is 3.24. The number of nitrogens with zero attached hydrogens (tertiary/aromatic N) is 2. The van der Waals surface area contributed by atoms with Crippen molar-refractivity contribution in [1.29, 1.82) is 0 Å². The molecule has 2 aromatic rings. The molecule has 0 saturated carbocycles. The SMILES string of the molecule is COc1ccc(Cn2cc(Br)cn2)c(F)c1. The molecule has 2 rings (SSSR count). The van der Waals surface area contributed by atoms with Gasteiger partial charge in [-0.05, 0) is 22.0 Å². The van der Waals surface area contributed by atoms with Gasteiger partial charge in [-0.1, -0.05) is 6.07 Å². The smallest absolute Gasteiger partial charge is 0.131 e. The molecule has 0 aliphatic heterocycles. The molecule has 0 atom stereocenters. The summed E-state index contributed by atoms with van der Waals surface area (Å²) in [6.07, 6.45) is 3.46. The number of hydrogen-bond acceptors (Lipinski definition) is 2. The van der Waals surface area contributed by atoms with Crippen molar-refractivity contribution < 1.29 is 9.13 Å². The molecular formula is C11H10BrFN2O. The number of rotatable bonds is 3. The summed E-state index contributed by atoms with van der Waals surface area (Å²) < 4.78 is 21.1. The summed E-state index contributed by atoms with van der Waals surface area (Å²) in [5, 5.41) is 4.07. The van der Waals surface area contributed by atoms with Crippen LogP contribution in [-0.2, 0) is 6.54 Å². The zero-order chi connectivity index (χ0) is 11.5. The Morgan fingerprint density at radius 3 is 2.88 bits per heavy atom. The Morgan fingerprint density at radius 2 is 2.31 bits per heavy atom. The van der Waals surface area contributed by atoms with Gasteiger partial charge in [0, 0.05) is 17.8 Å². The highest BCUT2D eigenvalue weighted by atomic mass is 79.9. The molecule has 3 nitrogen and oxygen atoms in total. The van der Waals surface area contributed by atoms with Crippen LogP contribution in [0.25, 0.3) is 0 Å². The van der Waals surface area contributed by atoms with Gasteiger partial charge in [0.25, 0.3) is 0 Å². The van der Waals surface area contributed by atoms with Crippen LogP contribution in [0.1, 0.15) is 5.56 Å². The van der Waals surface area contributed by atoms with Gasteiger partial charge in [-0.3, -0.25) is 4.68 Å². The Hall–Kier alpha value is -1.36. The van der Waals surface area contributed by atoms with Crippen LogP contribution in [0, 0.1) is 5.82 Å². The van der Waals surface area contributed by atoms with E-state index in [0.717, 1.165) is 4.47 Å². The van der Waals surface area contributed by atoms with E-state index in [1.54, 1.807) is 29.2 Å². The second-order valence-corrected chi connectivity index (χ2v) is 4.23. The van der Waals surface area contributed by atoms with E-state index in [1.165, 1.54) is 13.2 Å². The summed E-state index contributed by atoms with van der Waals surface area (Å²) in [5.74, 6) is 0.230. The number of methoxy groups -OCH3 is 1. The van der Waals surface area contributed by atoms with Crippen molar-refractivity contribution in [3.8, 4) is 5.75 Å². The normalized spacial score (nSPS) is 10.4. The fraction of sp³-hybridized carbons (Fsp3) is 0.182. The van der Waals surface area contributed by atoms with Crippen molar-refractivity contribution in [3.05, 3.63) is 46.4 Å². The van der Waals surface area contributed by atoms with E-state index in [9.17, 15) is 4.39 Å². The Labute approximate surface area is 101 Å². The zero-order valence-electron chi connectivity index (χ0n) is 8.65. The number of halogens is 2. The summed E-state index contributed by atoms with van der Waals surface area (Å²) in [5.41, 5.74) is 0.580. The molecule has 1 aromatic heterocycles. The van der Waals surface area contributed by atoms with Gasteiger partial charge in [-0.2, -0.15) is 5.10 Å². The van der Waals surface area contributed by atoms with Crippen LogP contribution >= 0.6 is 15.9 Å². The topological polar surface area (TPSA) is 27.1 Å². The van der Waals surface area contributed by atoms with E-state index in [4.69, 9.17) is 4.74 Å². The van der Waals surface area contributed by atoms with Gasteiger partial charge in [0.1, 0.15) is 11.6 Å². The Morgan fingerprint density at radius 1 is 1.50 bits per heavy atom. The maximum absolute atomic E-state index is 13.6. The second-order valence-electron chi connectivity index (χ2n) is 3.31. The number of aromatic nitrogens is 2. The first-order valence-corrected chi connectivity index (χ1v) is 5.48. The van der Waals surface area contributed by atoms with Gasteiger partial charge >= 0.3 is 0 Å². The van der Waals surface area contributed by atoms with Crippen LogP contribution in [0.15, 0.2) is 35.1 Å². The standard InChI is InChI=1S/C11H10BrFN2O/c1-16-10-3-2-8(11(13)4-10)6-15-7-9(12)5-14-15/h2-5,7H,6H2,1H3. The monoisotopic (exact) mass is 284 g/mol. The number of hydrogen-bond donors (Lipinski definition) is 0. The number of ether oxygens (including phenoxy) is 1. The van der Waals surface area contributed by atoms with Crippen LogP contribution in [-0.4, -0.2) is 16.9 Å². The minimum absolute atomic E-state index is 0.286. The molecule has 0 aliphatic carbocycles. The molecular weight excluding hydrogens is 275 g/mol. The predicted octanol–water partition coefficient (Wildman–Crippen LogP) is 2.84. The van der Waals surface area contributed by atoms with Crippen molar-refractivity contribution in [2.45, 2.75) is 6.54 Å². The molecule has 84 valence electrons. The van der Waals surface area contributed by atoms with Gasteiger partial charge in [0.2, 0.25) is 0 Å². The van der Waals surface area contributed by atoms with Crippen molar-refractivity contribution in [1.82, 2.24) is 9.78 Å². The summed E-state index contributed by atoms with van der Waals surface area (Å²) in [6, 6.07) is 4.80. The molecule has 16 heavy (non-hydrogen) atoms. The van der Waals surface area contributed by atoms with E-state index >= 15 is 0 Å². The predicted molar refractivity (Wildman–Crippen MR) is 62.0 cm³/mol. The van der Waals surface area contributed by atoms with Crippen LogP contribution in [0.3, 0.4) is 0 Å². The first kappa shape index (κ1) is 11.1. The van der Waals surface area contributed by atoms with Crippen molar-refractivity contribution in [2.24, 2.45) is 0 Å². The third kappa shape index (κ3) is 2.41. The average molecular weight is 285 g/mol. The van der Waals surface area contributed by atoms with Gasteiger partial charge in [0.05, 0.1) is 24.3 Å². The first-order chi connectivity index (χ1) is 7.69. The maximum Gasteiger partial charge on any atom is 0.131 e. The maximum atomic E-state index is 13.6. The fourth-order valence-corrected chi connectivity index (χ4v) is 1.71. The highest BCUT2D eigenvalue weighted by molar-refractivity contribution is 9.10. The molecule has 0 bridgehead atoms.